The quantitative estimate of drug-likeness (QED) is 0.0591. The second-order valence-corrected chi connectivity index (χ2v) is 14.9. The van der Waals surface area contributed by atoms with Crippen molar-refractivity contribution in [3.05, 3.63) is 24.3 Å². The van der Waals surface area contributed by atoms with E-state index < -0.39 is 146 Å². The van der Waals surface area contributed by atoms with Crippen LogP contribution in [0.25, 0.3) is 0 Å². The molecule has 2 fully saturated rings. The molecule has 2 saturated heterocycles. The van der Waals surface area contributed by atoms with E-state index in [9.17, 15) is 53.5 Å². The fraction of sp³-hybridized carbons (Fsp3) is 0.824. The average Bonchev–Trinajstić information content (AvgIpc) is 3.11. The zero-order valence-corrected chi connectivity index (χ0v) is 33.7. The van der Waals surface area contributed by atoms with E-state index in [1.807, 2.05) is 0 Å². The van der Waals surface area contributed by atoms with Crippen molar-refractivity contribution in [2.24, 2.45) is 5.41 Å². The van der Waals surface area contributed by atoms with E-state index in [-0.39, 0.29) is 18.9 Å². The average molecular weight is 987 g/mol. The minimum atomic E-state index is -7.36. The Morgan fingerprint density at radius 1 is 0.562 bits per heavy atom. The van der Waals surface area contributed by atoms with Gasteiger partial charge in [-0.05, 0) is 46.1 Å². The molecule has 10 nitrogen and oxygen atoms in total. The highest BCUT2D eigenvalue weighted by Crippen LogP contribution is 2.71. The summed E-state index contributed by atoms with van der Waals surface area (Å²) in [6.07, 6.45) is -47.7. The van der Waals surface area contributed by atoms with Crippen molar-refractivity contribution in [1.29, 1.82) is 0 Å². The molecule has 0 radical (unpaired) electrons. The maximum Gasteiger partial charge on any atom is 0.407 e. The fourth-order valence-electron chi connectivity index (χ4n) is 5.56. The monoisotopic (exact) mass is 986 g/mol. The number of carbonyl (C=O) groups is 2. The molecule has 2 heterocycles. The summed E-state index contributed by atoms with van der Waals surface area (Å²) >= 11 is 0. The first-order chi connectivity index (χ1) is 28.3. The fourth-order valence-corrected chi connectivity index (χ4v) is 5.56. The van der Waals surface area contributed by atoms with Gasteiger partial charge in [0.2, 0.25) is 6.29 Å². The number of ketones is 1. The van der Waals surface area contributed by atoms with Crippen LogP contribution in [-0.4, -0.2) is 122 Å². The van der Waals surface area contributed by atoms with Crippen LogP contribution in [0.3, 0.4) is 0 Å². The molecule has 2 atom stereocenters. The van der Waals surface area contributed by atoms with Crippen molar-refractivity contribution in [3.63, 3.8) is 0 Å². The van der Waals surface area contributed by atoms with Gasteiger partial charge >= 0.3 is 71.5 Å². The van der Waals surface area contributed by atoms with Crippen LogP contribution in [0.15, 0.2) is 24.3 Å². The Balaban J connectivity index is 2.43. The smallest absolute Gasteiger partial charge is 0.407 e. The van der Waals surface area contributed by atoms with E-state index in [4.69, 9.17) is 0 Å². The molecular formula is C34H38F20O10. The summed E-state index contributed by atoms with van der Waals surface area (Å²) < 4.78 is 327. The molecule has 2 aliphatic rings. The number of ether oxygens (including phenoxy) is 8. The Morgan fingerprint density at radius 3 is 1.28 bits per heavy atom. The number of rotatable bonds is 22. The molecule has 0 amide bonds. The zero-order chi connectivity index (χ0) is 50.6. The Kier molecular flexibility index (Phi) is 15.9. The molecule has 2 aliphatic heterocycles. The Morgan fingerprint density at radius 2 is 0.922 bits per heavy atom. The second kappa shape index (κ2) is 17.9. The standard InChI is InChI=1S/C34H38F20O10/c1-9-11-22(7,18(55)16(3)4)58-13-25(37,38)27(41,42)15-60-29(45,46)21-63-33(51,52)30(34(53,54)64-21)31(47,48)61-20(62-32(30,49)50)28(43,44)23(8,10-2)59-14-26(39,40)24(35,36)12-57-19(56)17(5)6/h20-21H,3,5,9-15H2,1-2,4,6-8H3/t20?,21?,22-,23?,30?/m1/s1. The molecule has 0 bridgehead atoms. The molecule has 1 unspecified atom stereocenters. The molecule has 1 spiro atoms. The highest BCUT2D eigenvalue weighted by Gasteiger charge is 2.99. The molecule has 2 rings (SSSR count). The summed E-state index contributed by atoms with van der Waals surface area (Å²) in [5, 5.41) is 0. The van der Waals surface area contributed by atoms with Crippen molar-refractivity contribution in [2.75, 3.05) is 26.4 Å². The van der Waals surface area contributed by atoms with Gasteiger partial charge in [0.25, 0.3) is 6.29 Å². The minimum absolute atomic E-state index is 0.00319. The van der Waals surface area contributed by atoms with Crippen molar-refractivity contribution >= 4 is 11.8 Å². The van der Waals surface area contributed by atoms with Gasteiger partial charge < -0.3 is 18.9 Å². The Bertz CT molecular complexity index is 1700. The van der Waals surface area contributed by atoms with Gasteiger partial charge in [0.05, 0.1) is 0 Å². The minimum Gasteiger partial charge on any atom is -0.456 e. The first-order valence-electron chi connectivity index (χ1n) is 17.7. The lowest BCUT2D eigenvalue weighted by Gasteiger charge is -2.57. The van der Waals surface area contributed by atoms with Crippen LogP contribution in [0.5, 0.6) is 0 Å². The molecule has 0 aliphatic carbocycles. The van der Waals surface area contributed by atoms with Crippen LogP contribution in [0.2, 0.25) is 0 Å². The van der Waals surface area contributed by atoms with Gasteiger partial charge in [-0.2, -0.15) is 87.8 Å². The lowest BCUT2D eigenvalue weighted by Crippen LogP contribution is -2.82. The number of esters is 1. The van der Waals surface area contributed by atoms with E-state index in [1.54, 1.807) is 0 Å². The normalized spacial score (nSPS) is 25.8. The van der Waals surface area contributed by atoms with Crippen LogP contribution < -0.4 is 0 Å². The molecule has 374 valence electrons. The molecular weight excluding hydrogens is 948 g/mol. The zero-order valence-electron chi connectivity index (χ0n) is 33.7. The van der Waals surface area contributed by atoms with Crippen LogP contribution in [0.4, 0.5) is 87.8 Å². The molecule has 0 aromatic rings. The SMILES string of the molecule is C=C(C)C(=O)OCC(F)(F)C(F)(F)COC(C)(CC)C(F)(F)C1OC(F)(F)C2(C(F)(F)OC(C(F)(F)OCC(F)(F)C(F)(F)CO[C@](C)(CCC)C(=O)C(=C)C)OC2(F)F)C(F)(F)O1. The topological polar surface area (TPSA) is 108 Å². The van der Waals surface area contributed by atoms with Gasteiger partial charge in [-0.1, -0.05) is 33.4 Å². The number of hydrogen-bond donors (Lipinski definition) is 0. The Labute approximate surface area is 348 Å². The van der Waals surface area contributed by atoms with E-state index in [0.717, 1.165) is 20.8 Å². The van der Waals surface area contributed by atoms with Crippen LogP contribution >= 0.6 is 0 Å². The molecule has 0 aromatic carbocycles. The summed E-state index contributed by atoms with van der Waals surface area (Å²) in [6.45, 7) is -0.615. The third-order valence-electron chi connectivity index (χ3n) is 9.70. The molecule has 0 aromatic heterocycles. The van der Waals surface area contributed by atoms with E-state index in [1.165, 1.54) is 6.92 Å². The van der Waals surface area contributed by atoms with Gasteiger partial charge in [-0.25, -0.2) is 4.79 Å². The van der Waals surface area contributed by atoms with E-state index in [0.29, 0.717) is 6.92 Å². The van der Waals surface area contributed by atoms with Crippen molar-refractivity contribution in [1.82, 2.24) is 0 Å². The van der Waals surface area contributed by atoms with Crippen LogP contribution in [-0.2, 0) is 47.5 Å². The summed E-state index contributed by atoms with van der Waals surface area (Å²) in [5.74, 6) is -31.5. The van der Waals surface area contributed by atoms with Gasteiger partial charge in [0.15, 0.2) is 12.4 Å². The number of Topliss-reactive ketones (excluding diaryl/α,β-unsaturated/α-hetero) is 1. The van der Waals surface area contributed by atoms with Gasteiger partial charge in [0.1, 0.15) is 31.0 Å². The molecule has 30 heteroatoms. The summed E-state index contributed by atoms with van der Waals surface area (Å²) in [7, 11) is 0. The van der Waals surface area contributed by atoms with E-state index in [2.05, 4.69) is 51.1 Å². The number of carbonyl (C=O) groups excluding carboxylic acids is 2. The van der Waals surface area contributed by atoms with Crippen molar-refractivity contribution in [3.8, 4) is 0 Å². The summed E-state index contributed by atoms with van der Waals surface area (Å²) in [6, 6.07) is 0. The second-order valence-electron chi connectivity index (χ2n) is 14.9. The predicted molar refractivity (Wildman–Crippen MR) is 169 cm³/mol. The van der Waals surface area contributed by atoms with Gasteiger partial charge in [0, 0.05) is 5.57 Å². The summed E-state index contributed by atoms with van der Waals surface area (Å²) in [5.41, 5.74) is -14.6. The third-order valence-corrected chi connectivity index (χ3v) is 9.70. The number of alkyl halides is 20. The van der Waals surface area contributed by atoms with Gasteiger partial charge in [-0.15, -0.1) is 0 Å². The largest absolute Gasteiger partial charge is 0.456 e. The van der Waals surface area contributed by atoms with Crippen molar-refractivity contribution in [2.45, 2.75) is 145 Å². The Hall–Kier alpha value is -3.06. The maximum absolute atomic E-state index is 15.6. The first kappa shape index (κ1) is 57.1. The number of halogens is 20. The highest BCUT2D eigenvalue weighted by atomic mass is 19.3. The summed E-state index contributed by atoms with van der Waals surface area (Å²) in [4.78, 5) is 23.7. The predicted octanol–water partition coefficient (Wildman–Crippen LogP) is 9.90. The molecule has 0 N–H and O–H groups in total. The van der Waals surface area contributed by atoms with Crippen LogP contribution in [0, 0.1) is 5.41 Å². The third kappa shape index (κ3) is 10.1. The van der Waals surface area contributed by atoms with E-state index >= 15 is 43.9 Å². The molecule has 64 heavy (non-hydrogen) atoms. The lowest BCUT2D eigenvalue weighted by molar-refractivity contribution is -0.660. The van der Waals surface area contributed by atoms with Gasteiger partial charge in [-0.3, -0.25) is 23.7 Å². The van der Waals surface area contributed by atoms with Crippen molar-refractivity contribution < 1.29 is 135 Å². The molecule has 0 saturated carbocycles. The van der Waals surface area contributed by atoms with Crippen LogP contribution in [0.1, 0.15) is 60.8 Å². The first-order valence-corrected chi connectivity index (χ1v) is 17.7. The highest BCUT2D eigenvalue weighted by molar-refractivity contribution is 6.00. The lowest BCUT2D eigenvalue weighted by atomic mass is 9.79. The maximum atomic E-state index is 15.6. The number of hydrogen-bond acceptors (Lipinski definition) is 10.